The largest absolute Gasteiger partial charge is 0.338 e. The lowest BCUT2D eigenvalue weighted by molar-refractivity contribution is 0.326. The van der Waals surface area contributed by atoms with Gasteiger partial charge in [-0.05, 0) is 51.0 Å². The van der Waals surface area contributed by atoms with E-state index in [4.69, 9.17) is 0 Å². The maximum Gasteiger partial charge on any atom is 0.236 e. The molecule has 0 aliphatic carbocycles. The number of hydrogen-bond donors (Lipinski definition) is 1. The van der Waals surface area contributed by atoms with Crippen LogP contribution in [0.5, 0.6) is 0 Å². The Balaban J connectivity index is 1.59. The molecule has 28 heavy (non-hydrogen) atoms. The van der Waals surface area contributed by atoms with Gasteiger partial charge < -0.3 is 14.8 Å². The van der Waals surface area contributed by atoms with Crippen LogP contribution < -0.4 is 5.32 Å². The second-order valence-electron chi connectivity index (χ2n) is 6.80. The van der Waals surface area contributed by atoms with Crippen molar-refractivity contribution in [3.8, 4) is 6.07 Å². The van der Waals surface area contributed by atoms with Crippen molar-refractivity contribution in [3.05, 3.63) is 42.0 Å². The van der Waals surface area contributed by atoms with Gasteiger partial charge in [0.2, 0.25) is 5.82 Å². The number of hydrogen-bond acceptors (Lipinski definition) is 6. The lowest BCUT2D eigenvalue weighted by Crippen LogP contribution is -2.21. The van der Waals surface area contributed by atoms with Gasteiger partial charge in [-0.3, -0.25) is 0 Å². The molecule has 1 saturated heterocycles. The minimum atomic E-state index is -0.708. The first-order valence-corrected chi connectivity index (χ1v) is 9.21. The molecule has 1 aromatic carbocycles. The Hall–Kier alpha value is -3.12. The Kier molecular flexibility index (Phi) is 5.12. The third kappa shape index (κ3) is 3.92. The van der Waals surface area contributed by atoms with Gasteiger partial charge >= 0.3 is 0 Å². The number of halogens is 2. The second kappa shape index (κ2) is 7.86. The summed E-state index contributed by atoms with van der Waals surface area (Å²) in [6.07, 6.45) is 5.10. The van der Waals surface area contributed by atoms with Gasteiger partial charge in [-0.2, -0.15) is 15.2 Å². The van der Waals surface area contributed by atoms with Crippen molar-refractivity contribution < 1.29 is 8.78 Å². The van der Waals surface area contributed by atoms with E-state index in [0.29, 0.717) is 17.7 Å². The van der Waals surface area contributed by atoms with E-state index in [0.717, 1.165) is 44.3 Å². The van der Waals surface area contributed by atoms with Crippen molar-refractivity contribution in [2.75, 3.05) is 25.0 Å². The number of nitrogens with zero attached hydrogens (tertiary/aromatic N) is 6. The highest BCUT2D eigenvalue weighted by molar-refractivity contribution is 5.85. The molecule has 3 heterocycles. The molecule has 4 rings (SSSR count). The van der Waals surface area contributed by atoms with Crippen LogP contribution in [-0.4, -0.2) is 44.1 Å². The van der Waals surface area contributed by atoms with Gasteiger partial charge in [0, 0.05) is 18.3 Å². The van der Waals surface area contributed by atoms with Crippen LogP contribution in [0, 0.1) is 23.0 Å². The Morgan fingerprint density at radius 3 is 2.54 bits per heavy atom. The van der Waals surface area contributed by atoms with Crippen LogP contribution in [0.15, 0.2) is 24.5 Å². The van der Waals surface area contributed by atoms with Crippen LogP contribution in [0.2, 0.25) is 0 Å². The molecule has 1 aliphatic heterocycles. The number of aryl methyl sites for hydroxylation is 1. The number of benzene rings is 1. The van der Waals surface area contributed by atoms with Crippen LogP contribution in [0.1, 0.15) is 25.1 Å². The lowest BCUT2D eigenvalue weighted by atomic mass is 10.3. The molecule has 0 radical (unpaired) electrons. The van der Waals surface area contributed by atoms with E-state index >= 15 is 0 Å². The molecule has 1 fully saturated rings. The number of rotatable bonds is 6. The van der Waals surface area contributed by atoms with Crippen molar-refractivity contribution >= 4 is 22.7 Å². The highest BCUT2D eigenvalue weighted by Crippen LogP contribution is 2.24. The van der Waals surface area contributed by atoms with Crippen molar-refractivity contribution in [3.63, 3.8) is 0 Å². The fourth-order valence-corrected chi connectivity index (χ4v) is 3.48. The van der Waals surface area contributed by atoms with Crippen LogP contribution >= 0.6 is 0 Å². The summed E-state index contributed by atoms with van der Waals surface area (Å²) in [7, 11) is 0. The molecule has 0 saturated carbocycles. The van der Waals surface area contributed by atoms with Crippen molar-refractivity contribution in [2.24, 2.45) is 0 Å². The highest BCUT2D eigenvalue weighted by atomic mass is 19.1. The van der Waals surface area contributed by atoms with Gasteiger partial charge in [-0.15, -0.1) is 0 Å². The van der Waals surface area contributed by atoms with Gasteiger partial charge in [0.25, 0.3) is 0 Å². The third-order valence-corrected chi connectivity index (χ3v) is 4.76. The average molecular weight is 383 g/mol. The predicted octanol–water partition coefficient (Wildman–Crippen LogP) is 3.21. The van der Waals surface area contributed by atoms with Gasteiger partial charge in [-0.25, -0.2) is 13.8 Å². The van der Waals surface area contributed by atoms with Crippen molar-refractivity contribution in [2.45, 2.75) is 25.8 Å². The summed E-state index contributed by atoms with van der Waals surface area (Å²) in [4.78, 5) is 15.2. The maximum absolute atomic E-state index is 13.5. The minimum Gasteiger partial charge on any atom is -0.338 e. The standard InChI is InChI=1S/C19H19F2N7/c20-13-8-14(21)10-15(9-13)24-18-17-19(26-16(11-22)25-18)28(12-23-17)7-3-6-27-4-1-2-5-27/h8-10,12H,1-7H2,(H,24,25,26). The van der Waals surface area contributed by atoms with Crippen LogP contribution in [-0.2, 0) is 6.54 Å². The van der Waals surface area contributed by atoms with E-state index in [-0.39, 0.29) is 17.3 Å². The monoisotopic (exact) mass is 383 g/mol. The van der Waals surface area contributed by atoms with Gasteiger partial charge in [-0.1, -0.05) is 0 Å². The Bertz CT molecular complexity index is 1010. The molecule has 0 spiro atoms. The van der Waals surface area contributed by atoms with Gasteiger partial charge in [0.15, 0.2) is 17.0 Å². The molecule has 144 valence electrons. The zero-order valence-corrected chi connectivity index (χ0v) is 15.2. The summed E-state index contributed by atoms with van der Waals surface area (Å²) in [6, 6.07) is 5.01. The number of anilines is 2. The molecule has 2 aromatic heterocycles. The van der Waals surface area contributed by atoms with Crippen LogP contribution in [0.4, 0.5) is 20.3 Å². The van der Waals surface area contributed by atoms with Gasteiger partial charge in [0.05, 0.1) is 6.33 Å². The number of imidazole rings is 1. The summed E-state index contributed by atoms with van der Waals surface area (Å²) in [5, 5.41) is 12.1. The number of nitriles is 1. The molecule has 1 aliphatic rings. The predicted molar refractivity (Wildman–Crippen MR) is 100.0 cm³/mol. The van der Waals surface area contributed by atoms with Gasteiger partial charge in [0.1, 0.15) is 17.7 Å². The zero-order valence-electron chi connectivity index (χ0n) is 15.2. The molecule has 0 amide bonds. The summed E-state index contributed by atoms with van der Waals surface area (Å²) in [5.41, 5.74) is 1.15. The first kappa shape index (κ1) is 18.3. The molecule has 9 heteroatoms. The van der Waals surface area contributed by atoms with E-state index < -0.39 is 11.6 Å². The first-order valence-electron chi connectivity index (χ1n) is 9.21. The molecule has 3 aromatic rings. The Labute approximate surface area is 160 Å². The minimum absolute atomic E-state index is 0.0341. The summed E-state index contributed by atoms with van der Waals surface area (Å²) >= 11 is 0. The van der Waals surface area contributed by atoms with E-state index in [1.165, 1.54) is 12.8 Å². The van der Waals surface area contributed by atoms with E-state index in [2.05, 4.69) is 25.2 Å². The molecular weight excluding hydrogens is 364 g/mol. The topological polar surface area (TPSA) is 82.7 Å². The fourth-order valence-electron chi connectivity index (χ4n) is 3.48. The average Bonchev–Trinajstić information content (AvgIpc) is 3.31. The quantitative estimate of drug-likeness (QED) is 0.704. The molecule has 1 N–H and O–H groups in total. The highest BCUT2D eigenvalue weighted by Gasteiger charge is 2.15. The second-order valence-corrected chi connectivity index (χ2v) is 6.80. The normalized spacial score (nSPS) is 14.5. The van der Waals surface area contributed by atoms with E-state index in [1.54, 1.807) is 6.33 Å². The molecule has 0 unspecified atom stereocenters. The number of fused-ring (bicyclic) bond motifs is 1. The summed E-state index contributed by atoms with van der Waals surface area (Å²) in [5.74, 6) is -1.21. The SMILES string of the molecule is N#Cc1nc(Nc2cc(F)cc(F)c2)c2ncn(CCCN3CCCC3)c2n1. The van der Waals surface area contributed by atoms with Crippen LogP contribution in [0.3, 0.4) is 0 Å². The van der Waals surface area contributed by atoms with Crippen molar-refractivity contribution in [1.29, 1.82) is 5.26 Å². The summed E-state index contributed by atoms with van der Waals surface area (Å²) in [6.45, 7) is 4.00. The molecule has 0 bridgehead atoms. The number of likely N-dealkylation sites (tertiary alicyclic amines) is 1. The molecular formula is C19H19F2N7. The van der Waals surface area contributed by atoms with Crippen molar-refractivity contribution in [1.82, 2.24) is 24.4 Å². The summed E-state index contributed by atoms with van der Waals surface area (Å²) < 4.78 is 28.8. The maximum atomic E-state index is 13.5. The number of aromatic nitrogens is 4. The zero-order chi connectivity index (χ0) is 19.5. The van der Waals surface area contributed by atoms with E-state index in [1.807, 2.05) is 10.6 Å². The van der Waals surface area contributed by atoms with E-state index in [9.17, 15) is 14.0 Å². The first-order chi connectivity index (χ1) is 13.6. The van der Waals surface area contributed by atoms with Crippen LogP contribution in [0.25, 0.3) is 11.2 Å². The third-order valence-electron chi connectivity index (χ3n) is 4.76. The lowest BCUT2D eigenvalue weighted by Gasteiger charge is -2.14. The smallest absolute Gasteiger partial charge is 0.236 e. The molecule has 0 atom stereocenters. The molecule has 7 nitrogen and oxygen atoms in total. The number of nitrogens with one attached hydrogen (secondary N) is 1. The Morgan fingerprint density at radius 2 is 1.82 bits per heavy atom. The fraction of sp³-hybridized carbons (Fsp3) is 0.368. The Morgan fingerprint density at radius 1 is 1.07 bits per heavy atom.